The van der Waals surface area contributed by atoms with Gasteiger partial charge in [-0.25, -0.2) is 0 Å². The summed E-state index contributed by atoms with van der Waals surface area (Å²) < 4.78 is 5.14. The fraction of sp³-hybridized carbons (Fsp3) is 0.632. The molecular formula is C19H27NO3. The van der Waals surface area contributed by atoms with Gasteiger partial charge >= 0.3 is 0 Å². The second kappa shape index (κ2) is 7.45. The van der Waals surface area contributed by atoms with E-state index in [9.17, 15) is 9.90 Å². The topological polar surface area (TPSA) is 49.8 Å². The number of hydrogen-bond donors (Lipinski definition) is 1. The van der Waals surface area contributed by atoms with Crippen LogP contribution in [0.15, 0.2) is 24.3 Å². The first kappa shape index (κ1) is 16.5. The second-order valence-corrected chi connectivity index (χ2v) is 6.82. The van der Waals surface area contributed by atoms with Crippen LogP contribution in [0.5, 0.6) is 5.75 Å². The van der Waals surface area contributed by atoms with E-state index in [0.29, 0.717) is 6.04 Å². The Hall–Kier alpha value is -1.39. The molecule has 4 heteroatoms. The van der Waals surface area contributed by atoms with E-state index in [2.05, 4.69) is 4.90 Å². The molecule has 1 heterocycles. The maximum Gasteiger partial charge on any atom is 0.166 e. The molecule has 23 heavy (non-hydrogen) atoms. The van der Waals surface area contributed by atoms with Crippen molar-refractivity contribution in [2.45, 2.75) is 50.7 Å². The van der Waals surface area contributed by atoms with Crippen molar-refractivity contribution in [3.8, 4) is 5.75 Å². The van der Waals surface area contributed by atoms with E-state index >= 15 is 0 Å². The number of methoxy groups -OCH3 is 1. The first-order chi connectivity index (χ1) is 11.2. The molecule has 126 valence electrons. The van der Waals surface area contributed by atoms with Crippen molar-refractivity contribution in [2.24, 2.45) is 5.92 Å². The van der Waals surface area contributed by atoms with Gasteiger partial charge < -0.3 is 9.84 Å². The van der Waals surface area contributed by atoms with Crippen LogP contribution in [0.4, 0.5) is 0 Å². The monoisotopic (exact) mass is 317 g/mol. The molecule has 1 aromatic rings. The van der Waals surface area contributed by atoms with Gasteiger partial charge in [-0.15, -0.1) is 0 Å². The molecule has 0 radical (unpaired) electrons. The number of rotatable bonds is 4. The average Bonchev–Trinajstić information content (AvgIpc) is 2.62. The SMILES string of the molecule is COc1ccc(C(=O)C2CCN(C3CCCCC3O)CC2)cc1. The molecule has 3 rings (SSSR count). The number of benzene rings is 1. The standard InChI is InChI=1S/C19H27NO3/c1-23-16-8-6-14(7-9-16)19(22)15-10-12-20(13-11-15)17-4-2-3-5-18(17)21/h6-9,15,17-18,21H,2-5,10-13H2,1H3. The first-order valence-corrected chi connectivity index (χ1v) is 8.79. The fourth-order valence-corrected chi connectivity index (χ4v) is 4.00. The number of carbonyl (C=O) groups excluding carboxylic acids is 1. The first-order valence-electron chi connectivity index (χ1n) is 8.79. The Labute approximate surface area is 138 Å². The summed E-state index contributed by atoms with van der Waals surface area (Å²) >= 11 is 0. The quantitative estimate of drug-likeness (QED) is 0.868. The van der Waals surface area contributed by atoms with E-state index in [1.165, 1.54) is 6.42 Å². The Kier molecular flexibility index (Phi) is 5.34. The lowest BCUT2D eigenvalue weighted by atomic mass is 9.85. The number of ketones is 1. The van der Waals surface area contributed by atoms with E-state index in [0.717, 1.165) is 56.5 Å². The van der Waals surface area contributed by atoms with E-state index in [-0.39, 0.29) is 17.8 Å². The number of piperidine rings is 1. The molecule has 4 nitrogen and oxygen atoms in total. The molecular weight excluding hydrogens is 290 g/mol. The Bertz CT molecular complexity index is 520. The molecule has 2 unspecified atom stereocenters. The zero-order valence-corrected chi connectivity index (χ0v) is 13.9. The number of nitrogens with zero attached hydrogens (tertiary/aromatic N) is 1. The summed E-state index contributed by atoms with van der Waals surface area (Å²) in [5.74, 6) is 1.14. The lowest BCUT2D eigenvalue weighted by Crippen LogP contribution is -2.49. The lowest BCUT2D eigenvalue weighted by molar-refractivity contribution is 0.00500. The summed E-state index contributed by atoms with van der Waals surface area (Å²) in [5.41, 5.74) is 0.780. The van der Waals surface area contributed by atoms with Gasteiger partial charge in [0.25, 0.3) is 0 Å². The van der Waals surface area contributed by atoms with Crippen LogP contribution < -0.4 is 4.74 Å². The average molecular weight is 317 g/mol. The summed E-state index contributed by atoms with van der Waals surface area (Å²) in [7, 11) is 1.63. The van der Waals surface area contributed by atoms with Gasteiger partial charge in [0, 0.05) is 17.5 Å². The number of carbonyl (C=O) groups is 1. The van der Waals surface area contributed by atoms with Gasteiger partial charge in [0.15, 0.2) is 5.78 Å². The van der Waals surface area contributed by atoms with Crippen molar-refractivity contribution in [3.63, 3.8) is 0 Å². The Morgan fingerprint density at radius 1 is 1.09 bits per heavy atom. The van der Waals surface area contributed by atoms with Crippen LogP contribution in [0, 0.1) is 5.92 Å². The fourth-order valence-electron chi connectivity index (χ4n) is 4.00. The van der Waals surface area contributed by atoms with Crippen LogP contribution in [0.25, 0.3) is 0 Å². The highest BCUT2D eigenvalue weighted by Crippen LogP contribution is 2.29. The normalized spacial score (nSPS) is 26.9. The number of ether oxygens (including phenoxy) is 1. The van der Waals surface area contributed by atoms with Gasteiger partial charge in [0.2, 0.25) is 0 Å². The van der Waals surface area contributed by atoms with E-state index in [1.54, 1.807) is 7.11 Å². The van der Waals surface area contributed by atoms with Gasteiger partial charge in [-0.1, -0.05) is 12.8 Å². The van der Waals surface area contributed by atoms with Gasteiger partial charge in [-0.05, 0) is 63.0 Å². The third kappa shape index (κ3) is 3.75. The summed E-state index contributed by atoms with van der Waals surface area (Å²) in [6, 6.07) is 7.72. The minimum Gasteiger partial charge on any atom is -0.497 e. The van der Waals surface area contributed by atoms with Gasteiger partial charge in [-0.3, -0.25) is 9.69 Å². The number of aliphatic hydroxyl groups is 1. The highest BCUT2D eigenvalue weighted by Gasteiger charge is 2.33. The number of aliphatic hydroxyl groups excluding tert-OH is 1. The van der Waals surface area contributed by atoms with Crippen LogP contribution in [-0.4, -0.2) is 48.1 Å². The molecule has 1 saturated carbocycles. The summed E-state index contributed by atoms with van der Waals surface area (Å²) in [6.45, 7) is 1.85. The summed E-state index contributed by atoms with van der Waals surface area (Å²) in [5, 5.41) is 10.2. The highest BCUT2D eigenvalue weighted by atomic mass is 16.5. The molecule has 0 aromatic heterocycles. The third-order valence-corrected chi connectivity index (χ3v) is 5.44. The lowest BCUT2D eigenvalue weighted by Gasteiger charge is -2.41. The molecule has 0 amide bonds. The smallest absolute Gasteiger partial charge is 0.166 e. The van der Waals surface area contributed by atoms with Crippen LogP contribution in [0.2, 0.25) is 0 Å². The van der Waals surface area contributed by atoms with Crippen molar-refractivity contribution in [1.29, 1.82) is 0 Å². The molecule has 1 aromatic carbocycles. The zero-order chi connectivity index (χ0) is 16.2. The Balaban J connectivity index is 1.56. The van der Waals surface area contributed by atoms with Gasteiger partial charge in [0.05, 0.1) is 13.2 Å². The van der Waals surface area contributed by atoms with E-state index in [1.807, 2.05) is 24.3 Å². The summed E-state index contributed by atoms with van der Waals surface area (Å²) in [6.07, 6.45) is 5.99. The third-order valence-electron chi connectivity index (χ3n) is 5.44. The number of Topliss-reactive ketones (excluding diaryl/α,β-unsaturated/α-hetero) is 1. The predicted octanol–water partition coefficient (Wildman–Crippen LogP) is 2.89. The molecule has 2 fully saturated rings. The molecule has 1 aliphatic heterocycles. The second-order valence-electron chi connectivity index (χ2n) is 6.82. The van der Waals surface area contributed by atoms with E-state index in [4.69, 9.17) is 4.74 Å². The van der Waals surface area contributed by atoms with Crippen LogP contribution in [-0.2, 0) is 0 Å². The number of likely N-dealkylation sites (tertiary alicyclic amines) is 1. The molecule has 1 aliphatic carbocycles. The minimum absolute atomic E-state index is 0.111. The van der Waals surface area contributed by atoms with Crippen molar-refractivity contribution in [1.82, 2.24) is 4.90 Å². The maximum absolute atomic E-state index is 12.6. The highest BCUT2D eigenvalue weighted by molar-refractivity contribution is 5.98. The maximum atomic E-state index is 12.6. The molecule has 2 aliphatic rings. The largest absolute Gasteiger partial charge is 0.497 e. The van der Waals surface area contributed by atoms with Crippen LogP contribution in [0.3, 0.4) is 0 Å². The minimum atomic E-state index is -0.183. The van der Waals surface area contributed by atoms with Gasteiger partial charge in [-0.2, -0.15) is 0 Å². The molecule has 1 N–H and O–H groups in total. The van der Waals surface area contributed by atoms with E-state index < -0.39 is 0 Å². The summed E-state index contributed by atoms with van der Waals surface area (Å²) in [4.78, 5) is 15.0. The van der Waals surface area contributed by atoms with Crippen molar-refractivity contribution in [2.75, 3.05) is 20.2 Å². The Morgan fingerprint density at radius 2 is 1.74 bits per heavy atom. The van der Waals surface area contributed by atoms with Crippen LogP contribution in [0.1, 0.15) is 48.9 Å². The molecule has 2 atom stereocenters. The molecule has 0 spiro atoms. The van der Waals surface area contributed by atoms with Crippen molar-refractivity contribution in [3.05, 3.63) is 29.8 Å². The number of hydrogen-bond acceptors (Lipinski definition) is 4. The van der Waals surface area contributed by atoms with Crippen molar-refractivity contribution < 1.29 is 14.6 Å². The predicted molar refractivity (Wildman–Crippen MR) is 89.9 cm³/mol. The van der Waals surface area contributed by atoms with Gasteiger partial charge in [0.1, 0.15) is 5.75 Å². The van der Waals surface area contributed by atoms with Crippen molar-refractivity contribution >= 4 is 5.78 Å². The molecule has 0 bridgehead atoms. The Morgan fingerprint density at radius 3 is 2.35 bits per heavy atom. The van der Waals surface area contributed by atoms with Crippen LogP contribution >= 0.6 is 0 Å². The molecule has 1 saturated heterocycles. The zero-order valence-electron chi connectivity index (χ0n) is 13.9.